The minimum Gasteiger partial charge on any atom is -0.356 e. The maximum atomic E-state index is 12.5. The van der Waals surface area contributed by atoms with Crippen molar-refractivity contribution < 1.29 is 12.9 Å². The van der Waals surface area contributed by atoms with Gasteiger partial charge in [-0.15, -0.1) is 11.3 Å². The summed E-state index contributed by atoms with van der Waals surface area (Å²) in [5, 5.41) is 7.29. The first kappa shape index (κ1) is 16.1. The molecule has 0 unspecified atom stereocenters. The molecule has 0 saturated carbocycles. The SMILES string of the molecule is CC[C@H](NS(=O)(=O)Cc1noc2ccccc12)c1nc(C)cs1. The van der Waals surface area contributed by atoms with Gasteiger partial charge < -0.3 is 4.52 Å². The van der Waals surface area contributed by atoms with Gasteiger partial charge in [-0.3, -0.25) is 0 Å². The van der Waals surface area contributed by atoms with E-state index in [-0.39, 0.29) is 11.8 Å². The van der Waals surface area contributed by atoms with Crippen LogP contribution in [-0.2, 0) is 15.8 Å². The lowest BCUT2D eigenvalue weighted by Crippen LogP contribution is -2.29. The van der Waals surface area contributed by atoms with Crippen LogP contribution in [-0.4, -0.2) is 18.6 Å². The van der Waals surface area contributed by atoms with Crippen molar-refractivity contribution in [3.63, 3.8) is 0 Å². The van der Waals surface area contributed by atoms with Crippen LogP contribution in [0, 0.1) is 6.92 Å². The fourth-order valence-electron chi connectivity index (χ4n) is 2.32. The highest BCUT2D eigenvalue weighted by Gasteiger charge is 2.23. The Morgan fingerprint density at radius 3 is 2.83 bits per heavy atom. The van der Waals surface area contributed by atoms with Crippen molar-refractivity contribution in [1.82, 2.24) is 14.9 Å². The third-order valence-corrected chi connectivity index (χ3v) is 5.82. The minimum absolute atomic E-state index is 0.217. The Kier molecular flexibility index (Phi) is 4.47. The van der Waals surface area contributed by atoms with Crippen LogP contribution < -0.4 is 4.72 Å². The van der Waals surface area contributed by atoms with Crippen LogP contribution in [0.15, 0.2) is 34.2 Å². The summed E-state index contributed by atoms with van der Waals surface area (Å²) in [6.45, 7) is 3.82. The smallest absolute Gasteiger partial charge is 0.218 e. The fourth-order valence-corrected chi connectivity index (χ4v) is 4.69. The highest BCUT2D eigenvalue weighted by molar-refractivity contribution is 7.88. The first-order valence-corrected chi connectivity index (χ1v) is 9.77. The van der Waals surface area contributed by atoms with Crippen molar-refractivity contribution in [2.24, 2.45) is 0 Å². The van der Waals surface area contributed by atoms with Crippen molar-refractivity contribution in [2.75, 3.05) is 0 Å². The minimum atomic E-state index is -3.55. The summed E-state index contributed by atoms with van der Waals surface area (Å²) in [5.41, 5.74) is 1.89. The van der Waals surface area contributed by atoms with Crippen LogP contribution in [0.2, 0.25) is 0 Å². The molecule has 8 heteroatoms. The van der Waals surface area contributed by atoms with E-state index in [0.717, 1.165) is 16.1 Å². The second-order valence-corrected chi connectivity index (χ2v) is 7.93. The molecular formula is C15H17N3O3S2. The van der Waals surface area contributed by atoms with E-state index in [9.17, 15) is 8.42 Å². The summed E-state index contributed by atoms with van der Waals surface area (Å²) < 4.78 is 32.8. The number of hydrogen-bond donors (Lipinski definition) is 1. The lowest BCUT2D eigenvalue weighted by atomic mass is 10.2. The summed E-state index contributed by atoms with van der Waals surface area (Å²) in [4.78, 5) is 4.37. The molecule has 1 aromatic carbocycles. The highest BCUT2D eigenvalue weighted by atomic mass is 32.2. The average molecular weight is 351 g/mol. The fraction of sp³-hybridized carbons (Fsp3) is 0.333. The first-order valence-electron chi connectivity index (χ1n) is 7.24. The van der Waals surface area contributed by atoms with E-state index in [1.165, 1.54) is 11.3 Å². The Morgan fingerprint density at radius 2 is 2.13 bits per heavy atom. The largest absolute Gasteiger partial charge is 0.356 e. The maximum Gasteiger partial charge on any atom is 0.218 e. The topological polar surface area (TPSA) is 85.1 Å². The summed E-state index contributed by atoms with van der Waals surface area (Å²) in [6.07, 6.45) is 0.631. The van der Waals surface area contributed by atoms with Gasteiger partial charge in [0, 0.05) is 16.5 Å². The van der Waals surface area contributed by atoms with Gasteiger partial charge >= 0.3 is 0 Å². The predicted octanol–water partition coefficient (Wildman–Crippen LogP) is 3.16. The van der Waals surface area contributed by atoms with Crippen molar-refractivity contribution in [3.05, 3.63) is 46.0 Å². The summed E-state index contributed by atoms with van der Waals surface area (Å²) in [6, 6.07) is 6.90. The molecule has 23 heavy (non-hydrogen) atoms. The van der Waals surface area contributed by atoms with Gasteiger partial charge in [0.2, 0.25) is 10.0 Å². The third kappa shape index (κ3) is 3.60. The second-order valence-electron chi connectivity index (χ2n) is 5.29. The zero-order chi connectivity index (χ0) is 16.4. The molecule has 0 spiro atoms. The first-order chi connectivity index (χ1) is 11.0. The van der Waals surface area contributed by atoms with E-state index in [4.69, 9.17) is 4.52 Å². The molecule has 1 N–H and O–H groups in total. The van der Waals surface area contributed by atoms with Gasteiger partial charge in [0.25, 0.3) is 0 Å². The van der Waals surface area contributed by atoms with Crippen LogP contribution in [0.3, 0.4) is 0 Å². The number of aryl methyl sites for hydroxylation is 1. The molecule has 2 heterocycles. The molecule has 1 atom stereocenters. The monoisotopic (exact) mass is 351 g/mol. The van der Waals surface area contributed by atoms with E-state index < -0.39 is 10.0 Å². The Balaban J connectivity index is 1.81. The molecule has 3 rings (SSSR count). The number of thiazole rings is 1. The average Bonchev–Trinajstić information content (AvgIpc) is 3.12. The third-order valence-electron chi connectivity index (χ3n) is 3.44. The van der Waals surface area contributed by atoms with Crippen LogP contribution >= 0.6 is 11.3 Å². The number of para-hydroxylation sites is 1. The Morgan fingerprint density at radius 1 is 1.35 bits per heavy atom. The molecule has 2 aromatic heterocycles. The number of sulfonamides is 1. The van der Waals surface area contributed by atoms with Crippen LogP contribution in [0.25, 0.3) is 11.0 Å². The van der Waals surface area contributed by atoms with E-state index in [1.807, 2.05) is 31.4 Å². The van der Waals surface area contributed by atoms with Crippen molar-refractivity contribution in [1.29, 1.82) is 0 Å². The molecule has 122 valence electrons. The second kappa shape index (κ2) is 6.38. The van der Waals surface area contributed by atoms with Gasteiger partial charge in [0.05, 0.1) is 6.04 Å². The molecule has 0 amide bonds. The summed E-state index contributed by atoms with van der Waals surface area (Å²) in [5.74, 6) is -0.217. The quantitative estimate of drug-likeness (QED) is 0.737. The number of nitrogens with zero attached hydrogens (tertiary/aromatic N) is 2. The van der Waals surface area contributed by atoms with Crippen LogP contribution in [0.1, 0.15) is 35.8 Å². The van der Waals surface area contributed by atoms with Gasteiger partial charge in [-0.05, 0) is 25.5 Å². The molecule has 0 radical (unpaired) electrons. The lowest BCUT2D eigenvalue weighted by Gasteiger charge is -2.14. The molecule has 0 aliphatic carbocycles. The van der Waals surface area contributed by atoms with E-state index >= 15 is 0 Å². The number of benzene rings is 1. The lowest BCUT2D eigenvalue weighted by molar-refractivity contribution is 0.448. The zero-order valence-electron chi connectivity index (χ0n) is 12.8. The number of hydrogen-bond acceptors (Lipinski definition) is 6. The Hall–Kier alpha value is -1.77. The number of rotatable bonds is 6. The van der Waals surface area contributed by atoms with E-state index in [0.29, 0.717) is 17.7 Å². The normalized spacial score (nSPS) is 13.5. The Labute approximate surface area is 138 Å². The van der Waals surface area contributed by atoms with Gasteiger partial charge in [-0.2, -0.15) is 0 Å². The van der Waals surface area contributed by atoms with E-state index in [1.54, 1.807) is 12.1 Å². The molecule has 0 aliphatic rings. The highest BCUT2D eigenvalue weighted by Crippen LogP contribution is 2.24. The number of nitrogens with one attached hydrogen (secondary N) is 1. The van der Waals surface area contributed by atoms with Gasteiger partial charge in [-0.1, -0.05) is 24.2 Å². The standard InChI is InChI=1S/C15H17N3O3S2/c1-3-12(15-16-10(2)8-22-15)18-23(19,20)9-13-11-6-4-5-7-14(11)21-17-13/h4-8,12,18H,3,9H2,1-2H3/t12-/m0/s1. The number of aromatic nitrogens is 2. The molecule has 0 saturated heterocycles. The zero-order valence-corrected chi connectivity index (χ0v) is 14.4. The molecule has 0 fully saturated rings. The molecule has 6 nitrogen and oxygen atoms in total. The van der Waals surface area contributed by atoms with Gasteiger partial charge in [0.1, 0.15) is 16.5 Å². The van der Waals surface area contributed by atoms with Crippen LogP contribution in [0.4, 0.5) is 0 Å². The van der Waals surface area contributed by atoms with Crippen molar-refractivity contribution in [3.8, 4) is 0 Å². The van der Waals surface area contributed by atoms with Crippen molar-refractivity contribution >= 4 is 32.3 Å². The molecule has 3 aromatic rings. The molecule has 0 bridgehead atoms. The van der Waals surface area contributed by atoms with Crippen molar-refractivity contribution in [2.45, 2.75) is 32.1 Å². The summed E-state index contributed by atoms with van der Waals surface area (Å²) in [7, 11) is -3.55. The maximum absolute atomic E-state index is 12.5. The van der Waals surface area contributed by atoms with Crippen LogP contribution in [0.5, 0.6) is 0 Å². The predicted molar refractivity (Wildman–Crippen MR) is 89.7 cm³/mol. The Bertz CT molecular complexity index is 915. The summed E-state index contributed by atoms with van der Waals surface area (Å²) >= 11 is 1.46. The molecular weight excluding hydrogens is 334 g/mol. The van der Waals surface area contributed by atoms with E-state index in [2.05, 4.69) is 14.9 Å². The van der Waals surface area contributed by atoms with Gasteiger partial charge in [-0.25, -0.2) is 18.1 Å². The molecule has 0 aliphatic heterocycles. The van der Waals surface area contributed by atoms with Gasteiger partial charge in [0.15, 0.2) is 5.58 Å². The number of fused-ring (bicyclic) bond motifs is 1.